The van der Waals surface area contributed by atoms with Gasteiger partial charge < -0.3 is 5.73 Å². The first-order chi connectivity index (χ1) is 9.58. The van der Waals surface area contributed by atoms with Gasteiger partial charge in [-0.2, -0.15) is 0 Å². The molecular formula is C19H25N. The molecule has 0 heterocycles. The molecule has 2 aromatic rings. The number of benzene rings is 2. The molecule has 0 saturated heterocycles. The molecule has 0 radical (unpaired) electrons. The predicted octanol–water partition coefficient (Wildman–Crippen LogP) is 4.50. The third kappa shape index (κ3) is 3.94. The van der Waals surface area contributed by atoms with E-state index in [0.29, 0.717) is 0 Å². The summed E-state index contributed by atoms with van der Waals surface area (Å²) >= 11 is 0. The number of aryl methyl sites for hydroxylation is 3. The Morgan fingerprint density at radius 3 is 2.05 bits per heavy atom. The normalized spacial score (nSPS) is 12.4. The molecule has 0 amide bonds. The second kappa shape index (κ2) is 6.71. The molecule has 0 aliphatic carbocycles. The van der Waals surface area contributed by atoms with E-state index >= 15 is 0 Å². The average molecular weight is 267 g/mol. The lowest BCUT2D eigenvalue weighted by molar-refractivity contribution is 0.720. The van der Waals surface area contributed by atoms with Crippen LogP contribution in [0.15, 0.2) is 42.5 Å². The van der Waals surface area contributed by atoms with Crippen molar-refractivity contribution in [2.45, 2.75) is 46.1 Å². The van der Waals surface area contributed by atoms with Gasteiger partial charge in [0, 0.05) is 6.04 Å². The van der Waals surface area contributed by atoms with Gasteiger partial charge in [0.05, 0.1) is 0 Å². The molecule has 1 nitrogen and oxygen atoms in total. The minimum Gasteiger partial charge on any atom is -0.324 e. The molecule has 0 saturated carbocycles. The maximum Gasteiger partial charge on any atom is 0.0335 e. The standard InChI is InChI=1S/C19H25N/c1-4-5-16-6-8-18(9-7-16)19(20)13-17-11-14(2)10-15(3)12-17/h6-12,19H,4-5,13,20H2,1-3H3. The van der Waals surface area contributed by atoms with Crippen molar-refractivity contribution in [3.63, 3.8) is 0 Å². The Labute approximate surface area is 122 Å². The Kier molecular flexibility index (Phi) is 4.97. The highest BCUT2D eigenvalue weighted by Gasteiger charge is 2.08. The molecule has 20 heavy (non-hydrogen) atoms. The van der Waals surface area contributed by atoms with E-state index in [0.717, 1.165) is 12.8 Å². The lowest BCUT2D eigenvalue weighted by atomic mass is 9.96. The number of rotatable bonds is 5. The van der Waals surface area contributed by atoms with E-state index in [4.69, 9.17) is 5.73 Å². The molecule has 0 spiro atoms. The van der Waals surface area contributed by atoms with Crippen molar-refractivity contribution in [2.75, 3.05) is 0 Å². The second-order valence-corrected chi connectivity index (χ2v) is 5.80. The number of hydrogen-bond acceptors (Lipinski definition) is 1. The van der Waals surface area contributed by atoms with Crippen LogP contribution < -0.4 is 5.73 Å². The minimum atomic E-state index is 0.0758. The molecule has 0 bridgehead atoms. The first-order valence-electron chi connectivity index (χ1n) is 7.50. The first-order valence-corrected chi connectivity index (χ1v) is 7.50. The Balaban J connectivity index is 2.08. The van der Waals surface area contributed by atoms with Gasteiger partial charge in [-0.05, 0) is 43.4 Å². The van der Waals surface area contributed by atoms with Crippen LogP contribution in [-0.2, 0) is 12.8 Å². The van der Waals surface area contributed by atoms with E-state index in [2.05, 4.69) is 63.2 Å². The number of nitrogens with two attached hydrogens (primary N) is 1. The molecule has 2 N–H and O–H groups in total. The van der Waals surface area contributed by atoms with Crippen LogP contribution in [0.3, 0.4) is 0 Å². The zero-order chi connectivity index (χ0) is 14.5. The van der Waals surface area contributed by atoms with Crippen molar-refractivity contribution in [1.29, 1.82) is 0 Å². The molecule has 2 aromatic carbocycles. The van der Waals surface area contributed by atoms with Crippen LogP contribution in [0.25, 0.3) is 0 Å². The fourth-order valence-corrected chi connectivity index (χ4v) is 2.78. The fourth-order valence-electron chi connectivity index (χ4n) is 2.78. The smallest absolute Gasteiger partial charge is 0.0335 e. The van der Waals surface area contributed by atoms with Gasteiger partial charge in [-0.25, -0.2) is 0 Å². The van der Waals surface area contributed by atoms with Gasteiger partial charge in [0.25, 0.3) is 0 Å². The van der Waals surface area contributed by atoms with Crippen LogP contribution in [0.5, 0.6) is 0 Å². The summed E-state index contributed by atoms with van der Waals surface area (Å²) in [7, 11) is 0. The van der Waals surface area contributed by atoms with Crippen LogP contribution in [0.1, 0.15) is 47.2 Å². The lowest BCUT2D eigenvalue weighted by Gasteiger charge is -2.14. The maximum atomic E-state index is 6.35. The Hall–Kier alpha value is -1.60. The highest BCUT2D eigenvalue weighted by molar-refractivity contribution is 5.31. The topological polar surface area (TPSA) is 26.0 Å². The van der Waals surface area contributed by atoms with Crippen molar-refractivity contribution in [1.82, 2.24) is 0 Å². The summed E-state index contributed by atoms with van der Waals surface area (Å²) in [6.45, 7) is 6.49. The summed E-state index contributed by atoms with van der Waals surface area (Å²) in [5.74, 6) is 0. The second-order valence-electron chi connectivity index (χ2n) is 5.80. The largest absolute Gasteiger partial charge is 0.324 e. The van der Waals surface area contributed by atoms with Gasteiger partial charge in [-0.1, -0.05) is 66.9 Å². The molecular weight excluding hydrogens is 242 g/mol. The van der Waals surface area contributed by atoms with E-state index in [1.165, 1.54) is 34.2 Å². The fraction of sp³-hybridized carbons (Fsp3) is 0.368. The van der Waals surface area contributed by atoms with E-state index in [1.807, 2.05) is 0 Å². The highest BCUT2D eigenvalue weighted by atomic mass is 14.6. The molecule has 2 rings (SSSR count). The predicted molar refractivity (Wildman–Crippen MR) is 87.0 cm³/mol. The molecule has 1 unspecified atom stereocenters. The molecule has 0 fully saturated rings. The van der Waals surface area contributed by atoms with Crippen LogP contribution in [0.4, 0.5) is 0 Å². The van der Waals surface area contributed by atoms with E-state index in [-0.39, 0.29) is 6.04 Å². The van der Waals surface area contributed by atoms with Crippen molar-refractivity contribution in [3.05, 3.63) is 70.3 Å². The summed E-state index contributed by atoms with van der Waals surface area (Å²) in [5, 5.41) is 0. The van der Waals surface area contributed by atoms with Crippen LogP contribution in [-0.4, -0.2) is 0 Å². The van der Waals surface area contributed by atoms with Gasteiger partial charge in [-0.15, -0.1) is 0 Å². The molecule has 0 aliphatic rings. The van der Waals surface area contributed by atoms with Crippen molar-refractivity contribution in [2.24, 2.45) is 5.73 Å². The van der Waals surface area contributed by atoms with Crippen LogP contribution >= 0.6 is 0 Å². The van der Waals surface area contributed by atoms with Crippen LogP contribution in [0.2, 0.25) is 0 Å². The van der Waals surface area contributed by atoms with Crippen molar-refractivity contribution < 1.29 is 0 Å². The number of hydrogen-bond donors (Lipinski definition) is 1. The molecule has 1 atom stereocenters. The monoisotopic (exact) mass is 267 g/mol. The van der Waals surface area contributed by atoms with Gasteiger partial charge in [0.1, 0.15) is 0 Å². The van der Waals surface area contributed by atoms with Gasteiger partial charge >= 0.3 is 0 Å². The van der Waals surface area contributed by atoms with Crippen molar-refractivity contribution >= 4 is 0 Å². The Morgan fingerprint density at radius 1 is 0.900 bits per heavy atom. The lowest BCUT2D eigenvalue weighted by Crippen LogP contribution is -2.13. The summed E-state index contributed by atoms with van der Waals surface area (Å²) in [6, 6.07) is 15.5. The first kappa shape index (κ1) is 14.8. The summed E-state index contributed by atoms with van der Waals surface area (Å²) in [5.41, 5.74) is 12.9. The summed E-state index contributed by atoms with van der Waals surface area (Å²) in [4.78, 5) is 0. The Bertz CT molecular complexity index is 534. The third-order valence-electron chi connectivity index (χ3n) is 3.68. The molecule has 106 valence electrons. The molecule has 0 aromatic heterocycles. The summed E-state index contributed by atoms with van der Waals surface area (Å²) in [6.07, 6.45) is 3.23. The molecule has 1 heteroatoms. The van der Waals surface area contributed by atoms with E-state index in [9.17, 15) is 0 Å². The van der Waals surface area contributed by atoms with E-state index < -0.39 is 0 Å². The van der Waals surface area contributed by atoms with Crippen molar-refractivity contribution in [3.8, 4) is 0 Å². The average Bonchev–Trinajstić information content (AvgIpc) is 2.38. The zero-order valence-corrected chi connectivity index (χ0v) is 12.8. The zero-order valence-electron chi connectivity index (χ0n) is 12.8. The van der Waals surface area contributed by atoms with Crippen LogP contribution in [0, 0.1) is 13.8 Å². The van der Waals surface area contributed by atoms with Gasteiger partial charge in [0.15, 0.2) is 0 Å². The maximum absolute atomic E-state index is 6.35. The van der Waals surface area contributed by atoms with Gasteiger partial charge in [-0.3, -0.25) is 0 Å². The van der Waals surface area contributed by atoms with E-state index in [1.54, 1.807) is 0 Å². The minimum absolute atomic E-state index is 0.0758. The SMILES string of the molecule is CCCc1ccc(C(N)Cc2cc(C)cc(C)c2)cc1. The third-order valence-corrected chi connectivity index (χ3v) is 3.68. The molecule has 0 aliphatic heterocycles. The Morgan fingerprint density at radius 2 is 1.50 bits per heavy atom. The quantitative estimate of drug-likeness (QED) is 0.848. The summed E-state index contributed by atoms with van der Waals surface area (Å²) < 4.78 is 0. The highest BCUT2D eigenvalue weighted by Crippen LogP contribution is 2.19. The van der Waals surface area contributed by atoms with Gasteiger partial charge in [0.2, 0.25) is 0 Å².